The number of rotatable bonds is 3. The zero-order valence-electron chi connectivity index (χ0n) is 17.4. The minimum absolute atomic E-state index is 0. The summed E-state index contributed by atoms with van der Waals surface area (Å²) in [6.45, 7) is 11.5. The maximum Gasteiger partial charge on any atom is 4.00 e. The summed E-state index contributed by atoms with van der Waals surface area (Å²) in [4.78, 5) is 5.21. The molecule has 0 aromatic heterocycles. The predicted octanol–water partition coefficient (Wildman–Crippen LogP) is 6.39. The van der Waals surface area contributed by atoms with E-state index in [2.05, 4.69) is 58.2 Å². The van der Waals surface area contributed by atoms with E-state index in [1.807, 2.05) is 7.11 Å². The first-order valence-electron chi connectivity index (χ1n) is 7.80. The van der Waals surface area contributed by atoms with E-state index < -0.39 is 8.24 Å². The van der Waals surface area contributed by atoms with Gasteiger partial charge in [-0.05, 0) is 19.3 Å². The van der Waals surface area contributed by atoms with Crippen molar-refractivity contribution >= 4 is 8.24 Å². The van der Waals surface area contributed by atoms with Crippen LogP contribution < -0.4 is 0 Å². The van der Waals surface area contributed by atoms with E-state index in [4.69, 9.17) is 9.72 Å². The first kappa shape index (κ1) is 29.1. The Morgan fingerprint density at radius 3 is 2.12 bits per heavy atom. The summed E-state index contributed by atoms with van der Waals surface area (Å²) in [6, 6.07) is 0. The van der Waals surface area contributed by atoms with Crippen molar-refractivity contribution in [3.63, 3.8) is 0 Å². The molecule has 0 radical (unpaired) electrons. The molecule has 1 spiro atoms. The van der Waals surface area contributed by atoms with Gasteiger partial charge in [-0.25, -0.2) is 0 Å². The molecular weight excluding hydrogens is 346 g/mol. The molecular formula is C20H39NOSiTi. The van der Waals surface area contributed by atoms with Gasteiger partial charge in [0.05, 0.1) is 6.10 Å². The molecule has 1 saturated carbocycles. The fourth-order valence-electron chi connectivity index (χ4n) is 4.06. The van der Waals surface area contributed by atoms with E-state index in [0.29, 0.717) is 6.10 Å². The summed E-state index contributed by atoms with van der Waals surface area (Å²) < 4.78 is 5.86. The Hall–Kier alpha value is 0.331. The third-order valence-electron chi connectivity index (χ3n) is 4.85. The second kappa shape index (κ2) is 10.5. The molecule has 4 heteroatoms. The number of hydrogen-bond donors (Lipinski definition) is 0. The van der Waals surface area contributed by atoms with Gasteiger partial charge in [0, 0.05) is 12.5 Å². The Kier molecular flexibility index (Phi) is 12.7. The van der Waals surface area contributed by atoms with Crippen molar-refractivity contribution in [1.29, 1.82) is 0 Å². The van der Waals surface area contributed by atoms with Gasteiger partial charge in [0.1, 0.15) is 0 Å². The third kappa shape index (κ3) is 6.57. The molecule has 2 aliphatic rings. The second-order valence-electron chi connectivity index (χ2n) is 8.02. The Bertz CT molecular complexity index is 414. The number of ether oxygens (including phenoxy) is 1. The van der Waals surface area contributed by atoms with Crippen LogP contribution in [0.5, 0.6) is 0 Å². The quantitative estimate of drug-likeness (QED) is 0.408. The molecule has 2 aliphatic carbocycles. The SMILES string of the molecule is COC1CC([Si](C)(C)[N-]C(C)(C)C)CC12C=CC=CC2.[CH3-].[CH3-].[CH3-].[Ti+4]. The molecule has 1 fully saturated rings. The van der Waals surface area contributed by atoms with Crippen LogP contribution in [-0.2, 0) is 26.5 Å². The monoisotopic (exact) mass is 385 g/mol. The van der Waals surface area contributed by atoms with Crippen molar-refractivity contribution in [2.24, 2.45) is 5.41 Å². The average molecular weight is 385 g/mol. The molecule has 0 aromatic carbocycles. The first-order valence-corrected chi connectivity index (χ1v) is 10.8. The summed E-state index contributed by atoms with van der Waals surface area (Å²) in [6.07, 6.45) is 12.9. The van der Waals surface area contributed by atoms with E-state index in [0.717, 1.165) is 12.0 Å². The van der Waals surface area contributed by atoms with Gasteiger partial charge in [-0.15, -0.1) is 5.54 Å². The van der Waals surface area contributed by atoms with Gasteiger partial charge in [0.25, 0.3) is 0 Å². The van der Waals surface area contributed by atoms with Crippen LogP contribution in [0.25, 0.3) is 4.98 Å². The van der Waals surface area contributed by atoms with Crippen molar-refractivity contribution in [2.45, 2.75) is 70.3 Å². The molecule has 2 rings (SSSR count). The smallest absolute Gasteiger partial charge is 0.660 e. The molecule has 0 N–H and O–H groups in total. The molecule has 0 aromatic rings. The Labute approximate surface area is 168 Å². The number of hydrogen-bond acceptors (Lipinski definition) is 1. The molecule has 138 valence electrons. The molecule has 2 nitrogen and oxygen atoms in total. The van der Waals surface area contributed by atoms with Crippen LogP contribution in [0.1, 0.15) is 40.0 Å². The Morgan fingerprint density at radius 2 is 1.71 bits per heavy atom. The van der Waals surface area contributed by atoms with Crippen molar-refractivity contribution in [3.8, 4) is 0 Å². The van der Waals surface area contributed by atoms with E-state index >= 15 is 0 Å². The molecule has 0 aliphatic heterocycles. The summed E-state index contributed by atoms with van der Waals surface area (Å²) in [5.41, 5.74) is 1.03. The van der Waals surface area contributed by atoms with Gasteiger partial charge in [-0.1, -0.05) is 71.9 Å². The molecule has 24 heavy (non-hydrogen) atoms. The summed E-state index contributed by atoms with van der Waals surface area (Å²) in [5.74, 6) is 0. The van der Waals surface area contributed by atoms with Gasteiger partial charge in [0.2, 0.25) is 0 Å². The summed E-state index contributed by atoms with van der Waals surface area (Å²) in [5, 5.41) is 0. The summed E-state index contributed by atoms with van der Waals surface area (Å²) >= 11 is 0. The van der Waals surface area contributed by atoms with Crippen LogP contribution in [0.2, 0.25) is 18.6 Å². The minimum atomic E-state index is -1.59. The van der Waals surface area contributed by atoms with Crippen molar-refractivity contribution in [2.75, 3.05) is 7.11 Å². The normalized spacial score (nSPS) is 28.4. The van der Waals surface area contributed by atoms with Crippen LogP contribution in [0.15, 0.2) is 24.3 Å². The van der Waals surface area contributed by atoms with Gasteiger partial charge < -0.3 is 32.0 Å². The number of methoxy groups -OCH3 is 1. The van der Waals surface area contributed by atoms with Crippen LogP contribution >= 0.6 is 0 Å². The molecule has 0 amide bonds. The third-order valence-corrected chi connectivity index (χ3v) is 8.53. The Balaban J connectivity index is -0.00000110. The number of allylic oxidation sites excluding steroid dienone is 3. The number of nitrogens with zero attached hydrogens (tertiary/aromatic N) is 1. The van der Waals surface area contributed by atoms with Crippen LogP contribution in [0.4, 0.5) is 0 Å². The van der Waals surface area contributed by atoms with Gasteiger partial charge in [-0.3, -0.25) is 0 Å². The standard InChI is InChI=1S/C17H30NOSi.3CH3.Ti/c1-16(2,3)18-20(5,6)14-12-15(19-4)17(13-14)10-8-7-9-11-17;;;;/h7-10,14-15H,11-13H2,1-6H3;3*1H3;/q4*-1;+4. The van der Waals surface area contributed by atoms with Crippen molar-refractivity contribution < 1.29 is 26.5 Å². The van der Waals surface area contributed by atoms with Gasteiger partial charge >= 0.3 is 21.7 Å². The van der Waals surface area contributed by atoms with Crippen LogP contribution in [0.3, 0.4) is 0 Å². The molecule has 3 atom stereocenters. The Morgan fingerprint density at radius 1 is 1.12 bits per heavy atom. The zero-order chi connectivity index (χ0) is 15.0. The van der Waals surface area contributed by atoms with Crippen LogP contribution in [-0.4, -0.2) is 27.0 Å². The maximum atomic E-state index is 5.86. The van der Waals surface area contributed by atoms with E-state index in [9.17, 15) is 0 Å². The van der Waals surface area contributed by atoms with Gasteiger partial charge in [0.15, 0.2) is 0 Å². The molecule has 0 heterocycles. The van der Waals surface area contributed by atoms with Gasteiger partial charge in [-0.2, -0.15) is 0 Å². The summed E-state index contributed by atoms with van der Waals surface area (Å²) in [7, 11) is 0.285. The van der Waals surface area contributed by atoms with E-state index in [-0.39, 0.29) is 55.0 Å². The van der Waals surface area contributed by atoms with E-state index in [1.54, 1.807) is 0 Å². The maximum absolute atomic E-state index is 5.86. The molecule has 0 bridgehead atoms. The average Bonchev–Trinajstić information content (AvgIpc) is 2.66. The fourth-order valence-corrected chi connectivity index (χ4v) is 7.64. The molecule has 0 saturated heterocycles. The largest absolute Gasteiger partial charge is 4.00 e. The molecule has 3 unspecified atom stereocenters. The zero-order valence-corrected chi connectivity index (χ0v) is 20.0. The van der Waals surface area contributed by atoms with E-state index in [1.165, 1.54) is 12.8 Å². The first-order chi connectivity index (χ1) is 9.19. The second-order valence-corrected chi connectivity index (χ2v) is 12.4. The van der Waals surface area contributed by atoms with Crippen LogP contribution in [0, 0.1) is 27.7 Å². The minimum Gasteiger partial charge on any atom is -0.660 e. The fraction of sp³-hybridized carbons (Fsp3) is 0.650. The van der Waals surface area contributed by atoms with Crippen molar-refractivity contribution in [1.82, 2.24) is 0 Å². The van der Waals surface area contributed by atoms with Crippen molar-refractivity contribution in [3.05, 3.63) is 51.6 Å². The topological polar surface area (TPSA) is 23.3 Å². The predicted molar refractivity (Wildman–Crippen MR) is 109 cm³/mol.